The monoisotopic (exact) mass is 550 g/mol. The average molecular weight is 551 g/mol. The lowest BCUT2D eigenvalue weighted by molar-refractivity contribution is -0.122. The van der Waals surface area contributed by atoms with E-state index in [0.717, 1.165) is 24.0 Å². The van der Waals surface area contributed by atoms with E-state index in [2.05, 4.69) is 34.2 Å². The number of nitrogens with one attached hydrogen (secondary N) is 2. The molecule has 0 heterocycles. The maximum absolute atomic E-state index is 12.0. The van der Waals surface area contributed by atoms with Crippen molar-refractivity contribution >= 4 is 24.2 Å². The van der Waals surface area contributed by atoms with Crippen LogP contribution in [-0.4, -0.2) is 51.7 Å². The van der Waals surface area contributed by atoms with Crippen molar-refractivity contribution in [3.63, 3.8) is 0 Å². The number of unbranched alkanes of at least 4 members (excludes halogenated alkanes) is 3. The van der Waals surface area contributed by atoms with Crippen LogP contribution in [0.4, 0.5) is 0 Å². The molecule has 0 aromatic heterocycles. The van der Waals surface area contributed by atoms with Gasteiger partial charge in [-0.15, -0.1) is 0 Å². The number of rotatable bonds is 19. The van der Waals surface area contributed by atoms with Gasteiger partial charge in [-0.1, -0.05) is 38.2 Å². The molecule has 2 amide bonds. The fraction of sp³-hybridized carbons (Fsp3) is 0.333. The Hall–Kier alpha value is -4.60. The molecule has 214 valence electrons. The smallest absolute Gasteiger partial charge is 0.240 e. The summed E-state index contributed by atoms with van der Waals surface area (Å²) in [6.07, 6.45) is 10.2. The summed E-state index contributed by atoms with van der Waals surface area (Å²) >= 11 is 0. The third kappa shape index (κ3) is 11.8. The van der Waals surface area contributed by atoms with Crippen LogP contribution in [0.25, 0.3) is 0 Å². The Balaban J connectivity index is 1.60. The molecule has 0 aliphatic rings. The Morgan fingerprint density at radius 1 is 0.700 bits per heavy atom. The van der Waals surface area contributed by atoms with Crippen LogP contribution in [-0.2, 0) is 9.59 Å². The van der Waals surface area contributed by atoms with Gasteiger partial charge in [-0.3, -0.25) is 9.59 Å². The molecule has 2 aromatic rings. The molecule has 0 bridgehead atoms. The summed E-state index contributed by atoms with van der Waals surface area (Å²) in [4.78, 5) is 24.1. The molecule has 0 atom stereocenters. The first kappa shape index (κ1) is 31.6. The zero-order valence-corrected chi connectivity index (χ0v) is 23.2. The summed E-state index contributed by atoms with van der Waals surface area (Å²) in [5, 5.41) is 8.01. The van der Waals surface area contributed by atoms with Crippen molar-refractivity contribution in [1.82, 2.24) is 10.9 Å². The minimum atomic E-state index is -0.168. The number of benzene rings is 2. The number of nitrogens with zero attached hydrogens (tertiary/aromatic N) is 2. The molecule has 0 spiro atoms. The largest absolute Gasteiger partial charge is 0.493 e. The Labute approximate surface area is 235 Å². The van der Waals surface area contributed by atoms with Crippen LogP contribution in [0.15, 0.2) is 71.9 Å². The molecule has 2 rings (SSSR count). The van der Waals surface area contributed by atoms with Crippen molar-refractivity contribution in [2.75, 3.05) is 27.4 Å². The highest BCUT2D eigenvalue weighted by atomic mass is 16.5. The molecule has 0 saturated heterocycles. The second-order valence-electron chi connectivity index (χ2n) is 8.52. The molecule has 0 unspecified atom stereocenters. The maximum atomic E-state index is 12.0. The number of methoxy groups -OCH3 is 2. The van der Waals surface area contributed by atoms with Gasteiger partial charge in [-0.2, -0.15) is 10.2 Å². The van der Waals surface area contributed by atoms with Crippen LogP contribution < -0.4 is 29.8 Å². The van der Waals surface area contributed by atoms with Crippen molar-refractivity contribution in [3.8, 4) is 23.0 Å². The van der Waals surface area contributed by atoms with Crippen LogP contribution in [0.1, 0.15) is 49.7 Å². The summed E-state index contributed by atoms with van der Waals surface area (Å²) in [6, 6.07) is 10.7. The van der Waals surface area contributed by atoms with Crippen molar-refractivity contribution < 1.29 is 28.5 Å². The van der Waals surface area contributed by atoms with E-state index >= 15 is 0 Å². The van der Waals surface area contributed by atoms with Gasteiger partial charge in [0.15, 0.2) is 23.0 Å². The molecule has 10 heteroatoms. The topological polar surface area (TPSA) is 120 Å². The highest BCUT2D eigenvalue weighted by Crippen LogP contribution is 2.28. The van der Waals surface area contributed by atoms with E-state index < -0.39 is 0 Å². The number of carbonyl (C=O) groups is 2. The molecule has 10 nitrogen and oxygen atoms in total. The van der Waals surface area contributed by atoms with Crippen LogP contribution >= 0.6 is 0 Å². The zero-order chi connectivity index (χ0) is 29.0. The summed E-state index contributed by atoms with van der Waals surface area (Å²) < 4.78 is 21.7. The van der Waals surface area contributed by atoms with Gasteiger partial charge in [-0.25, -0.2) is 10.9 Å². The molecule has 2 aromatic carbocycles. The number of amides is 2. The Bertz CT molecular complexity index is 1090. The Morgan fingerprint density at radius 3 is 1.50 bits per heavy atom. The van der Waals surface area contributed by atoms with Crippen LogP contribution in [0.5, 0.6) is 23.0 Å². The molecule has 2 N–H and O–H groups in total. The summed E-state index contributed by atoms with van der Waals surface area (Å²) in [5.74, 6) is 2.01. The first-order valence-corrected chi connectivity index (χ1v) is 13.0. The van der Waals surface area contributed by atoms with Gasteiger partial charge in [0.2, 0.25) is 11.8 Å². The number of hydrogen-bond acceptors (Lipinski definition) is 8. The molecule has 0 radical (unpaired) electrons. The maximum Gasteiger partial charge on any atom is 0.240 e. The van der Waals surface area contributed by atoms with Crippen LogP contribution in [0, 0.1) is 0 Å². The molecule has 40 heavy (non-hydrogen) atoms. The Kier molecular flexibility index (Phi) is 14.7. The number of ether oxygens (including phenoxy) is 4. The van der Waals surface area contributed by atoms with E-state index in [1.807, 2.05) is 12.1 Å². The standard InChI is InChI=1S/C30H38N4O6/c1-5-17-39-25-15-13-23(19-27(25)37-3)21-31-33-29(35)11-9-7-8-10-12-30(36)34-32-22-24-14-16-26(40-18-6-2)28(20-24)38-4/h5-6,13-16,19-22H,1-2,7-12,17-18H2,3-4H3,(H,33,35)(H,34,36)/b31-21-,32-22-. The second-order valence-corrected chi connectivity index (χ2v) is 8.52. The van der Waals surface area contributed by atoms with Crippen molar-refractivity contribution in [2.24, 2.45) is 10.2 Å². The third-order valence-electron chi connectivity index (χ3n) is 5.45. The fourth-order valence-electron chi connectivity index (χ4n) is 3.46. The molecule has 0 fully saturated rings. The van der Waals surface area contributed by atoms with Crippen LogP contribution in [0.2, 0.25) is 0 Å². The van der Waals surface area contributed by atoms with Gasteiger partial charge in [0.05, 0.1) is 26.6 Å². The van der Waals surface area contributed by atoms with Gasteiger partial charge in [0.1, 0.15) is 13.2 Å². The van der Waals surface area contributed by atoms with Gasteiger partial charge < -0.3 is 18.9 Å². The van der Waals surface area contributed by atoms with Gasteiger partial charge in [0, 0.05) is 12.8 Å². The minimum absolute atomic E-state index is 0.168. The van der Waals surface area contributed by atoms with Crippen molar-refractivity contribution in [1.29, 1.82) is 0 Å². The van der Waals surface area contributed by atoms with Gasteiger partial charge in [-0.05, 0) is 60.4 Å². The van der Waals surface area contributed by atoms with E-state index in [4.69, 9.17) is 18.9 Å². The summed E-state index contributed by atoms with van der Waals surface area (Å²) in [6.45, 7) is 8.00. The lowest BCUT2D eigenvalue weighted by Crippen LogP contribution is -2.17. The van der Waals surface area contributed by atoms with E-state index in [1.54, 1.807) is 63.1 Å². The first-order valence-electron chi connectivity index (χ1n) is 13.0. The molecular weight excluding hydrogens is 512 g/mol. The number of hydrazone groups is 2. The first-order chi connectivity index (χ1) is 19.5. The van der Waals surface area contributed by atoms with E-state index in [9.17, 15) is 9.59 Å². The lowest BCUT2D eigenvalue weighted by atomic mass is 10.1. The normalized spacial score (nSPS) is 10.8. The van der Waals surface area contributed by atoms with E-state index in [1.165, 1.54) is 0 Å². The summed E-state index contributed by atoms with van der Waals surface area (Å²) in [7, 11) is 3.11. The van der Waals surface area contributed by atoms with Crippen LogP contribution in [0.3, 0.4) is 0 Å². The lowest BCUT2D eigenvalue weighted by Gasteiger charge is -2.09. The van der Waals surface area contributed by atoms with E-state index in [-0.39, 0.29) is 11.8 Å². The average Bonchev–Trinajstić information content (AvgIpc) is 2.97. The SMILES string of the molecule is C=CCOc1ccc(/C=N\NC(=O)CCCCCCC(=O)N/N=C\c2ccc(OCC=C)c(OC)c2)cc1OC. The number of carbonyl (C=O) groups excluding carboxylic acids is 2. The fourth-order valence-corrected chi connectivity index (χ4v) is 3.46. The molecule has 0 saturated carbocycles. The quantitative estimate of drug-likeness (QED) is 0.113. The van der Waals surface area contributed by atoms with Crippen molar-refractivity contribution in [2.45, 2.75) is 38.5 Å². The number of hydrogen-bond donors (Lipinski definition) is 2. The van der Waals surface area contributed by atoms with Crippen molar-refractivity contribution in [3.05, 3.63) is 72.8 Å². The second kappa shape index (κ2) is 18.6. The molecule has 0 aliphatic heterocycles. The Morgan fingerprint density at radius 2 is 1.12 bits per heavy atom. The zero-order valence-electron chi connectivity index (χ0n) is 23.2. The third-order valence-corrected chi connectivity index (χ3v) is 5.45. The molecule has 0 aliphatic carbocycles. The molecular formula is C30H38N4O6. The predicted octanol–water partition coefficient (Wildman–Crippen LogP) is 4.77. The van der Waals surface area contributed by atoms with Gasteiger partial charge in [0.25, 0.3) is 0 Å². The summed E-state index contributed by atoms with van der Waals surface area (Å²) in [5.41, 5.74) is 6.58. The van der Waals surface area contributed by atoms with Gasteiger partial charge >= 0.3 is 0 Å². The predicted molar refractivity (Wildman–Crippen MR) is 157 cm³/mol. The highest BCUT2D eigenvalue weighted by Gasteiger charge is 2.06. The highest BCUT2D eigenvalue weighted by molar-refractivity contribution is 5.84. The minimum Gasteiger partial charge on any atom is -0.493 e. The van der Waals surface area contributed by atoms with E-state index in [0.29, 0.717) is 61.9 Å².